The van der Waals surface area contributed by atoms with Crippen LogP contribution in [0.2, 0.25) is 0 Å². The van der Waals surface area contributed by atoms with Gasteiger partial charge in [0.1, 0.15) is 11.3 Å². The van der Waals surface area contributed by atoms with Crippen LogP contribution in [0.1, 0.15) is 13.3 Å². The number of methoxy groups -OCH3 is 4. The molecular formula is C19H21NO8. The molecule has 9 heteroatoms. The SMILES string of the molecule is CC[C@@]12C=CC=CN1C(C(=O)OC)=C(C(=O)OC)C(C(=O)OC)=C2C(=O)OC. The Bertz CT molecular complexity index is 848. The Kier molecular flexibility index (Phi) is 6.07. The molecule has 2 aliphatic heterocycles. The summed E-state index contributed by atoms with van der Waals surface area (Å²) in [6.45, 7) is 1.76. The molecule has 0 saturated heterocycles. The molecule has 0 aromatic heterocycles. The largest absolute Gasteiger partial charge is 0.466 e. The molecule has 0 aromatic rings. The molecule has 0 unspecified atom stereocenters. The first-order chi connectivity index (χ1) is 13.3. The van der Waals surface area contributed by atoms with Gasteiger partial charge >= 0.3 is 23.9 Å². The van der Waals surface area contributed by atoms with Crippen molar-refractivity contribution in [1.29, 1.82) is 0 Å². The van der Waals surface area contributed by atoms with Crippen LogP contribution in [0.4, 0.5) is 0 Å². The van der Waals surface area contributed by atoms with Gasteiger partial charge in [-0.15, -0.1) is 0 Å². The van der Waals surface area contributed by atoms with E-state index in [4.69, 9.17) is 18.9 Å². The van der Waals surface area contributed by atoms with Crippen LogP contribution in [0.3, 0.4) is 0 Å². The maximum Gasteiger partial charge on any atom is 0.355 e. The minimum Gasteiger partial charge on any atom is -0.466 e. The van der Waals surface area contributed by atoms with Crippen molar-refractivity contribution >= 4 is 23.9 Å². The molecule has 0 saturated carbocycles. The van der Waals surface area contributed by atoms with Gasteiger partial charge in [0.15, 0.2) is 0 Å². The van der Waals surface area contributed by atoms with E-state index >= 15 is 0 Å². The van der Waals surface area contributed by atoms with Crippen molar-refractivity contribution in [2.45, 2.75) is 18.9 Å². The number of allylic oxidation sites excluding steroid dienone is 2. The standard InChI is InChI=1S/C19H21NO8/c1-6-19-9-7-8-10-20(19)14(18(24)28-5)12(16(22)26-3)11(15(21)25-2)13(19)17(23)27-4/h7-10H,6H2,1-5H3/t19-/m0/s1. The number of ether oxygens (including phenoxy) is 4. The summed E-state index contributed by atoms with van der Waals surface area (Å²) in [5.41, 5.74) is -2.50. The Balaban J connectivity index is 3.09. The Morgan fingerprint density at radius 2 is 1.36 bits per heavy atom. The summed E-state index contributed by atoms with van der Waals surface area (Å²) in [4.78, 5) is 52.1. The molecule has 0 amide bonds. The average molecular weight is 391 g/mol. The summed E-state index contributed by atoms with van der Waals surface area (Å²) in [5.74, 6) is -3.73. The molecule has 2 rings (SSSR count). The van der Waals surface area contributed by atoms with Gasteiger partial charge in [0, 0.05) is 6.20 Å². The van der Waals surface area contributed by atoms with Gasteiger partial charge in [0.05, 0.1) is 45.1 Å². The van der Waals surface area contributed by atoms with Crippen LogP contribution in [-0.2, 0) is 38.1 Å². The molecule has 2 aliphatic rings. The molecule has 0 bridgehead atoms. The fraction of sp³-hybridized carbons (Fsp3) is 0.368. The van der Waals surface area contributed by atoms with Gasteiger partial charge in [-0.3, -0.25) is 0 Å². The fourth-order valence-electron chi connectivity index (χ4n) is 3.37. The lowest BCUT2D eigenvalue weighted by molar-refractivity contribution is -0.144. The quantitative estimate of drug-likeness (QED) is 0.496. The van der Waals surface area contributed by atoms with E-state index in [0.29, 0.717) is 0 Å². The van der Waals surface area contributed by atoms with E-state index < -0.39 is 40.6 Å². The summed E-state index contributed by atoms with van der Waals surface area (Å²) >= 11 is 0. The number of fused-ring (bicyclic) bond motifs is 1. The topological polar surface area (TPSA) is 108 Å². The van der Waals surface area contributed by atoms with Crippen molar-refractivity contribution in [3.05, 3.63) is 46.8 Å². The number of hydrogen-bond donors (Lipinski definition) is 0. The van der Waals surface area contributed by atoms with Gasteiger partial charge in [-0.2, -0.15) is 0 Å². The zero-order chi connectivity index (χ0) is 21.1. The maximum absolute atomic E-state index is 12.8. The lowest BCUT2D eigenvalue weighted by Crippen LogP contribution is -2.54. The minimum absolute atomic E-state index is 0.141. The van der Waals surface area contributed by atoms with Crippen molar-refractivity contribution in [2.75, 3.05) is 28.4 Å². The Morgan fingerprint density at radius 3 is 1.86 bits per heavy atom. The number of carbonyl (C=O) groups is 4. The second-order valence-electron chi connectivity index (χ2n) is 5.79. The van der Waals surface area contributed by atoms with Crippen molar-refractivity contribution < 1.29 is 38.1 Å². The van der Waals surface area contributed by atoms with Crippen LogP contribution in [0.25, 0.3) is 0 Å². The smallest absolute Gasteiger partial charge is 0.355 e. The fourth-order valence-corrected chi connectivity index (χ4v) is 3.37. The molecule has 0 radical (unpaired) electrons. The van der Waals surface area contributed by atoms with Gasteiger partial charge in [-0.25, -0.2) is 19.2 Å². The molecule has 1 atom stereocenters. The van der Waals surface area contributed by atoms with E-state index in [1.165, 1.54) is 11.1 Å². The number of rotatable bonds is 5. The number of carbonyl (C=O) groups excluding carboxylic acids is 4. The van der Waals surface area contributed by atoms with Crippen LogP contribution < -0.4 is 0 Å². The van der Waals surface area contributed by atoms with E-state index in [9.17, 15) is 19.2 Å². The van der Waals surface area contributed by atoms with Crippen LogP contribution in [0.5, 0.6) is 0 Å². The van der Waals surface area contributed by atoms with Gasteiger partial charge in [0.2, 0.25) is 0 Å². The monoisotopic (exact) mass is 391 g/mol. The highest BCUT2D eigenvalue weighted by molar-refractivity contribution is 6.17. The van der Waals surface area contributed by atoms with Crippen LogP contribution in [0.15, 0.2) is 46.8 Å². The van der Waals surface area contributed by atoms with Crippen molar-refractivity contribution in [3.63, 3.8) is 0 Å². The van der Waals surface area contributed by atoms with E-state index in [2.05, 4.69) is 0 Å². The first kappa shape index (κ1) is 20.9. The average Bonchev–Trinajstić information content (AvgIpc) is 2.74. The van der Waals surface area contributed by atoms with Gasteiger partial charge in [-0.1, -0.05) is 19.1 Å². The minimum atomic E-state index is -1.27. The third kappa shape index (κ3) is 2.98. The van der Waals surface area contributed by atoms with Crippen LogP contribution in [0, 0.1) is 0 Å². The molecule has 0 aliphatic carbocycles. The molecular weight excluding hydrogens is 370 g/mol. The van der Waals surface area contributed by atoms with Gasteiger partial charge < -0.3 is 23.8 Å². The molecule has 150 valence electrons. The molecule has 2 heterocycles. The second kappa shape index (κ2) is 8.12. The predicted octanol–water partition coefficient (Wildman–Crippen LogP) is 0.777. The molecule has 0 fully saturated rings. The van der Waals surface area contributed by atoms with E-state index in [0.717, 1.165) is 28.4 Å². The van der Waals surface area contributed by atoms with Crippen molar-refractivity contribution in [3.8, 4) is 0 Å². The van der Waals surface area contributed by atoms with E-state index in [1.807, 2.05) is 0 Å². The highest BCUT2D eigenvalue weighted by atomic mass is 16.5. The summed E-state index contributed by atoms with van der Waals surface area (Å²) < 4.78 is 19.3. The third-order valence-electron chi connectivity index (χ3n) is 4.65. The van der Waals surface area contributed by atoms with Gasteiger partial charge in [-0.05, 0) is 12.5 Å². The van der Waals surface area contributed by atoms with E-state index in [1.54, 1.807) is 25.2 Å². The number of esters is 4. The zero-order valence-electron chi connectivity index (χ0n) is 16.2. The molecule has 0 spiro atoms. The Morgan fingerprint density at radius 1 is 0.821 bits per heavy atom. The molecule has 0 aromatic carbocycles. The summed E-state index contributed by atoms with van der Waals surface area (Å²) in [6, 6.07) is 0. The zero-order valence-corrected chi connectivity index (χ0v) is 16.2. The predicted molar refractivity (Wildman–Crippen MR) is 95.3 cm³/mol. The summed E-state index contributed by atoms with van der Waals surface area (Å²) in [7, 11) is 4.47. The highest BCUT2D eigenvalue weighted by Crippen LogP contribution is 2.45. The maximum atomic E-state index is 12.8. The first-order valence-corrected chi connectivity index (χ1v) is 8.32. The van der Waals surface area contributed by atoms with Gasteiger partial charge in [0.25, 0.3) is 0 Å². The highest BCUT2D eigenvalue weighted by Gasteiger charge is 2.53. The third-order valence-corrected chi connectivity index (χ3v) is 4.65. The number of nitrogens with zero attached hydrogens (tertiary/aromatic N) is 1. The first-order valence-electron chi connectivity index (χ1n) is 8.32. The molecule has 28 heavy (non-hydrogen) atoms. The summed E-state index contributed by atoms with van der Waals surface area (Å²) in [5, 5.41) is 0. The molecule has 9 nitrogen and oxygen atoms in total. The lowest BCUT2D eigenvalue weighted by atomic mass is 9.75. The van der Waals surface area contributed by atoms with E-state index in [-0.39, 0.29) is 17.7 Å². The van der Waals surface area contributed by atoms with Crippen LogP contribution >= 0.6 is 0 Å². The Hall–Kier alpha value is -3.36. The van der Waals surface area contributed by atoms with Crippen molar-refractivity contribution in [1.82, 2.24) is 4.90 Å². The molecule has 0 N–H and O–H groups in total. The number of hydrogen-bond acceptors (Lipinski definition) is 9. The lowest BCUT2D eigenvalue weighted by Gasteiger charge is -2.47. The normalized spacial score (nSPS) is 20.5. The summed E-state index contributed by atoms with van der Waals surface area (Å²) in [6.07, 6.45) is 6.68. The van der Waals surface area contributed by atoms with Crippen LogP contribution in [-0.4, -0.2) is 62.8 Å². The Labute approximate surface area is 161 Å². The second-order valence-corrected chi connectivity index (χ2v) is 5.79. The van der Waals surface area contributed by atoms with Crippen molar-refractivity contribution in [2.24, 2.45) is 0 Å².